The monoisotopic (exact) mass is 452 g/mol. The second kappa shape index (κ2) is 9.05. The summed E-state index contributed by atoms with van der Waals surface area (Å²) in [5.41, 5.74) is -0.340. The fraction of sp³-hybridized carbons (Fsp3) is 0.435. The molecule has 1 aliphatic rings. The molecule has 4 rings (SSSR count). The highest BCUT2D eigenvalue weighted by atomic mass is 16.2. The highest BCUT2D eigenvalue weighted by Crippen LogP contribution is 2.18. The Bertz CT molecular complexity index is 1360. The minimum Gasteiger partial charge on any atom is -0.352 e. The highest BCUT2D eigenvalue weighted by molar-refractivity contribution is 5.98. The maximum absolute atomic E-state index is 13.3. The van der Waals surface area contributed by atoms with E-state index in [0.717, 1.165) is 30.4 Å². The number of rotatable bonds is 7. The van der Waals surface area contributed by atoms with Crippen LogP contribution in [0.3, 0.4) is 0 Å². The first-order valence-electron chi connectivity index (χ1n) is 11.2. The first kappa shape index (κ1) is 22.5. The van der Waals surface area contributed by atoms with Crippen molar-refractivity contribution in [2.75, 3.05) is 0 Å². The number of aromatic nitrogens is 4. The zero-order valence-corrected chi connectivity index (χ0v) is 18.8. The van der Waals surface area contributed by atoms with Crippen LogP contribution in [0.4, 0.5) is 0 Å². The Hall–Kier alpha value is -3.69. The van der Waals surface area contributed by atoms with Gasteiger partial charge in [0.25, 0.3) is 11.5 Å². The van der Waals surface area contributed by atoms with E-state index < -0.39 is 5.69 Å². The van der Waals surface area contributed by atoms with Crippen molar-refractivity contribution in [3.05, 3.63) is 57.3 Å². The van der Waals surface area contributed by atoms with Gasteiger partial charge in [0.2, 0.25) is 11.7 Å². The van der Waals surface area contributed by atoms with Crippen molar-refractivity contribution < 1.29 is 9.59 Å². The molecule has 0 radical (unpaired) electrons. The maximum Gasteiger partial charge on any atom is 0.352 e. The van der Waals surface area contributed by atoms with E-state index >= 15 is 0 Å². The molecular formula is C23H28N6O4. The molecule has 0 atom stereocenters. The number of amides is 2. The Morgan fingerprint density at radius 1 is 1.24 bits per heavy atom. The minimum atomic E-state index is -0.559. The van der Waals surface area contributed by atoms with E-state index in [2.05, 4.69) is 22.3 Å². The molecule has 0 spiro atoms. The van der Waals surface area contributed by atoms with Crippen molar-refractivity contribution >= 4 is 28.5 Å². The van der Waals surface area contributed by atoms with Gasteiger partial charge in [-0.05, 0) is 44.9 Å². The van der Waals surface area contributed by atoms with Gasteiger partial charge in [-0.25, -0.2) is 13.9 Å². The second-order valence-electron chi connectivity index (χ2n) is 8.69. The molecule has 10 heteroatoms. The van der Waals surface area contributed by atoms with E-state index in [1.54, 1.807) is 6.07 Å². The van der Waals surface area contributed by atoms with Crippen LogP contribution in [0.1, 0.15) is 49.9 Å². The summed E-state index contributed by atoms with van der Waals surface area (Å²) >= 11 is 0. The number of benzene rings is 1. The predicted octanol–water partition coefficient (Wildman–Crippen LogP) is 1.19. The first-order chi connectivity index (χ1) is 15.8. The van der Waals surface area contributed by atoms with Crippen molar-refractivity contribution in [3.63, 3.8) is 0 Å². The normalized spacial score (nSPS) is 14.3. The standard InChI is InChI=1S/C23H28N6O4/c1-4-11-27-21(32)17-10-9-15(20(31)24-14(2)3)12-18(17)29-22(27)26-28(23(29)33)13-19(30)25-16-7-5-6-8-16/h4,9-10,12,14,16H,1,5-8,11,13H2,2-3H3,(H,24,31)(H,25,30). The average Bonchev–Trinajstić information content (AvgIpc) is 3.38. The van der Waals surface area contributed by atoms with E-state index in [1.165, 1.54) is 27.2 Å². The van der Waals surface area contributed by atoms with Crippen LogP contribution in [0.2, 0.25) is 0 Å². The Morgan fingerprint density at radius 2 is 1.97 bits per heavy atom. The molecular weight excluding hydrogens is 424 g/mol. The van der Waals surface area contributed by atoms with Gasteiger partial charge in [0.05, 0.1) is 10.9 Å². The molecule has 2 N–H and O–H groups in total. The Labute approximate surface area is 189 Å². The lowest BCUT2D eigenvalue weighted by Crippen LogP contribution is -2.37. The smallest absolute Gasteiger partial charge is 0.352 e. The molecule has 1 aliphatic carbocycles. The molecule has 0 unspecified atom stereocenters. The topological polar surface area (TPSA) is 120 Å². The third-order valence-corrected chi connectivity index (χ3v) is 5.79. The number of carbonyl (C=O) groups is 2. The summed E-state index contributed by atoms with van der Waals surface area (Å²) in [5.74, 6) is -0.523. The number of fused-ring (bicyclic) bond motifs is 3. The lowest BCUT2D eigenvalue weighted by atomic mass is 10.1. The van der Waals surface area contributed by atoms with Gasteiger partial charge in [-0.2, -0.15) is 0 Å². The largest absolute Gasteiger partial charge is 0.352 e. The third kappa shape index (κ3) is 4.33. The second-order valence-corrected chi connectivity index (χ2v) is 8.69. The fourth-order valence-corrected chi connectivity index (χ4v) is 4.28. The molecule has 2 aromatic heterocycles. The van der Waals surface area contributed by atoms with Crippen LogP contribution < -0.4 is 21.9 Å². The van der Waals surface area contributed by atoms with E-state index in [1.807, 2.05) is 13.8 Å². The van der Waals surface area contributed by atoms with Crippen molar-refractivity contribution in [3.8, 4) is 0 Å². The fourth-order valence-electron chi connectivity index (χ4n) is 4.28. The van der Waals surface area contributed by atoms with Crippen LogP contribution in [0.5, 0.6) is 0 Å². The zero-order valence-electron chi connectivity index (χ0n) is 18.8. The van der Waals surface area contributed by atoms with Crippen molar-refractivity contribution in [2.45, 2.75) is 64.7 Å². The zero-order chi connectivity index (χ0) is 23.7. The Morgan fingerprint density at radius 3 is 2.64 bits per heavy atom. The number of carbonyl (C=O) groups excluding carboxylic acids is 2. The van der Waals surface area contributed by atoms with Gasteiger partial charge < -0.3 is 10.6 Å². The van der Waals surface area contributed by atoms with Crippen LogP contribution in [-0.4, -0.2) is 42.6 Å². The summed E-state index contributed by atoms with van der Waals surface area (Å²) in [4.78, 5) is 51.5. The molecule has 0 saturated heterocycles. The molecule has 33 heavy (non-hydrogen) atoms. The first-order valence-corrected chi connectivity index (χ1v) is 11.2. The number of nitrogens with zero attached hydrogens (tertiary/aromatic N) is 4. The van der Waals surface area contributed by atoms with E-state index in [-0.39, 0.29) is 59.2 Å². The van der Waals surface area contributed by atoms with Crippen LogP contribution in [-0.2, 0) is 17.9 Å². The van der Waals surface area contributed by atoms with Crippen LogP contribution >= 0.6 is 0 Å². The molecule has 2 amide bonds. The van der Waals surface area contributed by atoms with Crippen LogP contribution in [0, 0.1) is 0 Å². The summed E-state index contributed by atoms with van der Waals surface area (Å²) in [7, 11) is 0. The molecule has 2 heterocycles. The van der Waals surface area contributed by atoms with Gasteiger partial charge in [0.1, 0.15) is 6.54 Å². The molecule has 10 nitrogen and oxygen atoms in total. The maximum atomic E-state index is 13.3. The van der Waals surface area contributed by atoms with Crippen molar-refractivity contribution in [1.82, 2.24) is 29.4 Å². The van der Waals surface area contributed by atoms with E-state index in [9.17, 15) is 19.2 Å². The van der Waals surface area contributed by atoms with E-state index in [4.69, 9.17) is 0 Å². The lowest BCUT2D eigenvalue weighted by molar-refractivity contribution is -0.122. The van der Waals surface area contributed by atoms with Gasteiger partial charge in [-0.3, -0.25) is 19.0 Å². The van der Waals surface area contributed by atoms with Gasteiger partial charge in [-0.1, -0.05) is 18.9 Å². The molecule has 174 valence electrons. The highest BCUT2D eigenvalue weighted by Gasteiger charge is 2.21. The molecule has 0 bridgehead atoms. The van der Waals surface area contributed by atoms with Crippen molar-refractivity contribution in [1.29, 1.82) is 0 Å². The molecule has 3 aromatic rings. The molecule has 1 aromatic carbocycles. The van der Waals surface area contributed by atoms with E-state index in [0.29, 0.717) is 5.56 Å². The van der Waals surface area contributed by atoms with Gasteiger partial charge in [-0.15, -0.1) is 11.7 Å². The number of allylic oxidation sites excluding steroid dienone is 1. The predicted molar refractivity (Wildman–Crippen MR) is 124 cm³/mol. The van der Waals surface area contributed by atoms with Gasteiger partial charge >= 0.3 is 5.69 Å². The average molecular weight is 453 g/mol. The summed E-state index contributed by atoms with van der Waals surface area (Å²) in [6.45, 7) is 7.25. The SMILES string of the molecule is C=CCn1c(=O)c2ccc(C(=O)NC(C)C)cc2n2c(=O)n(CC(=O)NC3CCCC3)nc12. The lowest BCUT2D eigenvalue weighted by Gasteiger charge is -2.11. The number of nitrogens with one attached hydrogen (secondary N) is 2. The van der Waals surface area contributed by atoms with Gasteiger partial charge in [0, 0.05) is 24.2 Å². The molecule has 1 fully saturated rings. The summed E-state index contributed by atoms with van der Waals surface area (Å²) in [5, 5.41) is 10.3. The summed E-state index contributed by atoms with van der Waals surface area (Å²) in [6, 6.07) is 4.63. The number of hydrogen-bond donors (Lipinski definition) is 2. The molecule has 1 saturated carbocycles. The van der Waals surface area contributed by atoms with Crippen molar-refractivity contribution in [2.24, 2.45) is 0 Å². The number of hydrogen-bond acceptors (Lipinski definition) is 5. The van der Waals surface area contributed by atoms with Crippen LogP contribution in [0.15, 0.2) is 40.4 Å². The molecule has 0 aliphatic heterocycles. The Balaban J connectivity index is 1.85. The van der Waals surface area contributed by atoms with Gasteiger partial charge in [0.15, 0.2) is 0 Å². The minimum absolute atomic E-state index is 0.0716. The Kier molecular flexibility index (Phi) is 6.17. The summed E-state index contributed by atoms with van der Waals surface area (Å²) < 4.78 is 3.66. The quantitative estimate of drug-likeness (QED) is 0.522. The third-order valence-electron chi connectivity index (χ3n) is 5.79. The summed E-state index contributed by atoms with van der Waals surface area (Å²) in [6.07, 6.45) is 5.54. The van der Waals surface area contributed by atoms with Crippen LogP contribution in [0.25, 0.3) is 16.7 Å².